The zero-order chi connectivity index (χ0) is 15.4. The first-order valence-corrected chi connectivity index (χ1v) is 8.34. The smallest absolute Gasteiger partial charge is 0.0966 e. The third-order valence-electron chi connectivity index (χ3n) is 3.15. The average molecular weight is 350 g/mol. The normalized spacial score (nSPS) is 12.3. The molecule has 0 amide bonds. The van der Waals surface area contributed by atoms with E-state index in [4.69, 9.17) is 23.2 Å². The van der Waals surface area contributed by atoms with Crippen LogP contribution in [-0.4, -0.2) is 14.5 Å². The average Bonchev–Trinajstić information content (AvgIpc) is 3.01. The van der Waals surface area contributed by atoms with Gasteiger partial charge in [-0.15, -0.1) is 0 Å². The van der Waals surface area contributed by atoms with Gasteiger partial charge in [0.25, 0.3) is 0 Å². The van der Waals surface area contributed by atoms with E-state index < -0.39 is 0 Å². The minimum Gasteiger partial charge on any atom is -0.336 e. The lowest BCUT2D eigenvalue weighted by Crippen LogP contribution is -2.06. The van der Waals surface area contributed by atoms with Gasteiger partial charge in [0, 0.05) is 35.2 Å². The van der Waals surface area contributed by atoms with E-state index in [2.05, 4.69) is 9.97 Å². The molecule has 0 radical (unpaired) electrons. The number of imidazole rings is 1. The molecule has 0 fully saturated rings. The SMILES string of the molecule is Clc1ccc(C(Cn2ccnc2)Sc2ccccn2)c(Cl)c1. The Morgan fingerprint density at radius 1 is 1.14 bits per heavy atom. The number of nitrogens with zero attached hydrogens (tertiary/aromatic N) is 3. The molecule has 6 heteroatoms. The van der Waals surface area contributed by atoms with Crippen LogP contribution in [-0.2, 0) is 6.54 Å². The third kappa shape index (κ3) is 3.83. The summed E-state index contributed by atoms with van der Waals surface area (Å²) in [5, 5.41) is 2.38. The molecule has 22 heavy (non-hydrogen) atoms. The monoisotopic (exact) mass is 349 g/mol. The molecular weight excluding hydrogens is 337 g/mol. The van der Waals surface area contributed by atoms with Crippen molar-refractivity contribution in [1.29, 1.82) is 0 Å². The van der Waals surface area contributed by atoms with Crippen LogP contribution in [0.25, 0.3) is 0 Å². The predicted octanol–water partition coefficient (Wildman–Crippen LogP) is 5.12. The first-order valence-electron chi connectivity index (χ1n) is 6.71. The quantitative estimate of drug-likeness (QED) is 0.599. The summed E-state index contributed by atoms with van der Waals surface area (Å²) >= 11 is 14.1. The van der Waals surface area contributed by atoms with Crippen LogP contribution in [0, 0.1) is 0 Å². The molecule has 0 aliphatic rings. The Labute approximate surface area is 143 Å². The Balaban J connectivity index is 1.91. The van der Waals surface area contributed by atoms with Crippen molar-refractivity contribution in [3.63, 3.8) is 0 Å². The number of rotatable bonds is 5. The number of halogens is 2. The highest BCUT2D eigenvalue weighted by molar-refractivity contribution is 7.99. The molecule has 3 rings (SSSR count). The van der Waals surface area contributed by atoms with Gasteiger partial charge in [-0.2, -0.15) is 0 Å². The van der Waals surface area contributed by atoms with Gasteiger partial charge in [-0.3, -0.25) is 0 Å². The number of aromatic nitrogens is 3. The molecule has 0 bridgehead atoms. The second-order valence-corrected chi connectivity index (χ2v) is 6.77. The first-order chi connectivity index (χ1) is 10.7. The van der Waals surface area contributed by atoms with Crippen LogP contribution in [0.5, 0.6) is 0 Å². The summed E-state index contributed by atoms with van der Waals surface area (Å²) in [6.45, 7) is 0.753. The molecule has 1 aromatic carbocycles. The van der Waals surface area contributed by atoms with Gasteiger partial charge in [-0.1, -0.05) is 47.1 Å². The summed E-state index contributed by atoms with van der Waals surface area (Å²) < 4.78 is 2.03. The molecule has 0 aliphatic carbocycles. The van der Waals surface area contributed by atoms with Crippen molar-refractivity contribution in [2.45, 2.75) is 16.8 Å². The maximum Gasteiger partial charge on any atom is 0.0966 e. The Morgan fingerprint density at radius 2 is 2.05 bits per heavy atom. The molecule has 112 valence electrons. The largest absolute Gasteiger partial charge is 0.336 e. The van der Waals surface area contributed by atoms with Gasteiger partial charge in [0.1, 0.15) is 0 Å². The van der Waals surface area contributed by atoms with Crippen LogP contribution in [0.2, 0.25) is 10.0 Å². The lowest BCUT2D eigenvalue weighted by Gasteiger charge is -2.18. The maximum absolute atomic E-state index is 6.39. The van der Waals surface area contributed by atoms with E-state index in [0.29, 0.717) is 10.0 Å². The molecule has 3 nitrogen and oxygen atoms in total. The van der Waals surface area contributed by atoms with Crippen LogP contribution in [0.4, 0.5) is 0 Å². The lowest BCUT2D eigenvalue weighted by molar-refractivity contribution is 0.682. The van der Waals surface area contributed by atoms with E-state index in [1.54, 1.807) is 36.5 Å². The summed E-state index contributed by atoms with van der Waals surface area (Å²) in [5.74, 6) is 0. The van der Waals surface area contributed by atoms with Crippen molar-refractivity contribution in [3.8, 4) is 0 Å². The highest BCUT2D eigenvalue weighted by atomic mass is 35.5. The predicted molar refractivity (Wildman–Crippen MR) is 91.5 cm³/mol. The van der Waals surface area contributed by atoms with Gasteiger partial charge >= 0.3 is 0 Å². The van der Waals surface area contributed by atoms with E-state index in [0.717, 1.165) is 17.1 Å². The highest BCUT2D eigenvalue weighted by Gasteiger charge is 2.18. The minimum absolute atomic E-state index is 0.119. The van der Waals surface area contributed by atoms with E-state index in [1.165, 1.54) is 0 Å². The van der Waals surface area contributed by atoms with Crippen LogP contribution >= 0.6 is 35.0 Å². The molecular formula is C16H13Cl2N3S. The van der Waals surface area contributed by atoms with Crippen molar-refractivity contribution in [2.24, 2.45) is 0 Å². The molecule has 1 unspecified atom stereocenters. The van der Waals surface area contributed by atoms with Crippen LogP contribution < -0.4 is 0 Å². The molecule has 3 aromatic rings. The van der Waals surface area contributed by atoms with Gasteiger partial charge in [-0.25, -0.2) is 9.97 Å². The van der Waals surface area contributed by atoms with Gasteiger partial charge in [0.2, 0.25) is 0 Å². The Kier molecular flexibility index (Phi) is 5.03. The number of hydrogen-bond donors (Lipinski definition) is 0. The fourth-order valence-corrected chi connectivity index (χ4v) is 3.86. The summed E-state index contributed by atoms with van der Waals surface area (Å²) in [4.78, 5) is 8.49. The van der Waals surface area contributed by atoms with E-state index in [-0.39, 0.29) is 5.25 Å². The third-order valence-corrected chi connectivity index (χ3v) is 4.88. The van der Waals surface area contributed by atoms with E-state index in [1.807, 2.05) is 41.1 Å². The van der Waals surface area contributed by atoms with Crippen molar-refractivity contribution in [3.05, 3.63) is 76.9 Å². The van der Waals surface area contributed by atoms with E-state index >= 15 is 0 Å². The van der Waals surface area contributed by atoms with Crippen molar-refractivity contribution < 1.29 is 0 Å². The van der Waals surface area contributed by atoms with Crippen LogP contribution in [0.3, 0.4) is 0 Å². The van der Waals surface area contributed by atoms with Gasteiger partial charge in [0.15, 0.2) is 0 Å². The second-order valence-electron chi connectivity index (χ2n) is 4.70. The number of thioether (sulfide) groups is 1. The minimum atomic E-state index is 0.119. The summed E-state index contributed by atoms with van der Waals surface area (Å²) in [5.41, 5.74) is 1.04. The summed E-state index contributed by atoms with van der Waals surface area (Å²) in [6.07, 6.45) is 7.30. The second kappa shape index (κ2) is 7.18. The van der Waals surface area contributed by atoms with E-state index in [9.17, 15) is 0 Å². The Morgan fingerprint density at radius 3 is 2.73 bits per heavy atom. The molecule has 0 saturated carbocycles. The zero-order valence-corrected chi connectivity index (χ0v) is 13.9. The Bertz CT molecular complexity index is 732. The molecule has 0 saturated heterocycles. The number of hydrogen-bond acceptors (Lipinski definition) is 3. The zero-order valence-electron chi connectivity index (χ0n) is 11.6. The molecule has 0 aliphatic heterocycles. The fourth-order valence-electron chi connectivity index (χ4n) is 2.11. The maximum atomic E-state index is 6.39. The molecule has 0 spiro atoms. The van der Waals surface area contributed by atoms with Crippen LogP contribution in [0.15, 0.2) is 66.3 Å². The van der Waals surface area contributed by atoms with Crippen molar-refractivity contribution >= 4 is 35.0 Å². The van der Waals surface area contributed by atoms with Crippen LogP contribution in [0.1, 0.15) is 10.8 Å². The highest BCUT2D eigenvalue weighted by Crippen LogP contribution is 2.39. The fraction of sp³-hybridized carbons (Fsp3) is 0.125. The summed E-state index contributed by atoms with van der Waals surface area (Å²) in [6, 6.07) is 11.5. The topological polar surface area (TPSA) is 30.7 Å². The molecule has 2 aromatic heterocycles. The van der Waals surface area contributed by atoms with Crippen molar-refractivity contribution in [2.75, 3.05) is 0 Å². The molecule has 0 N–H and O–H groups in total. The number of pyridine rings is 1. The Hall–Kier alpha value is -1.49. The standard InChI is InChI=1S/C16H13Cl2N3S/c17-12-4-5-13(14(18)9-12)15(10-21-8-7-19-11-21)22-16-3-1-2-6-20-16/h1-9,11,15H,10H2. The molecule has 1 atom stereocenters. The van der Waals surface area contributed by atoms with Gasteiger partial charge in [0.05, 0.1) is 16.6 Å². The number of benzene rings is 1. The van der Waals surface area contributed by atoms with Crippen molar-refractivity contribution in [1.82, 2.24) is 14.5 Å². The van der Waals surface area contributed by atoms with Gasteiger partial charge < -0.3 is 4.57 Å². The first kappa shape index (κ1) is 15.4. The van der Waals surface area contributed by atoms with Gasteiger partial charge in [-0.05, 0) is 29.8 Å². The lowest BCUT2D eigenvalue weighted by atomic mass is 10.1. The summed E-state index contributed by atoms with van der Waals surface area (Å²) in [7, 11) is 0. The molecule has 2 heterocycles.